The minimum atomic E-state index is -1.64. The topological polar surface area (TPSA) is 21.7 Å². The van der Waals surface area contributed by atoms with Gasteiger partial charge in [0.2, 0.25) is 0 Å². The summed E-state index contributed by atoms with van der Waals surface area (Å²) in [5.74, 6) is 0.950. The number of nitrogens with zero attached hydrogens (tertiary/aromatic N) is 1. The van der Waals surface area contributed by atoms with E-state index in [1.807, 2.05) is 0 Å². The molecule has 3 nitrogen and oxygen atoms in total. The highest BCUT2D eigenvalue weighted by atomic mass is 28.4. The van der Waals surface area contributed by atoms with Gasteiger partial charge in [0.15, 0.2) is 8.32 Å². The molecule has 0 spiro atoms. The van der Waals surface area contributed by atoms with Gasteiger partial charge in [-0.2, -0.15) is 0 Å². The van der Waals surface area contributed by atoms with Crippen LogP contribution in [0.25, 0.3) is 0 Å². The van der Waals surface area contributed by atoms with Gasteiger partial charge in [-0.3, -0.25) is 0 Å². The van der Waals surface area contributed by atoms with Gasteiger partial charge in [-0.1, -0.05) is 99.6 Å². The Bertz CT molecular complexity index is 1030. The van der Waals surface area contributed by atoms with Crippen molar-refractivity contribution in [1.29, 1.82) is 0 Å². The molecule has 0 amide bonds. The Balaban J connectivity index is 1.39. The molecule has 0 radical (unpaired) electrons. The van der Waals surface area contributed by atoms with E-state index < -0.39 is 8.32 Å². The number of hydrogen-bond acceptors (Lipinski definition) is 3. The minimum absolute atomic E-state index is 0.269. The second-order valence-electron chi connectivity index (χ2n) is 11.6. The van der Waals surface area contributed by atoms with Crippen LogP contribution in [-0.4, -0.2) is 26.4 Å². The van der Waals surface area contributed by atoms with Crippen LogP contribution in [-0.2, 0) is 23.9 Å². The van der Waals surface area contributed by atoms with E-state index in [0.29, 0.717) is 0 Å². The maximum Gasteiger partial charge on any atom is 0.191 e. The number of ether oxygens (including phenoxy) is 1. The van der Waals surface area contributed by atoms with Crippen LogP contribution in [0.4, 0.5) is 0 Å². The highest BCUT2D eigenvalue weighted by Crippen LogP contribution is 2.36. The molecule has 0 N–H and O–H groups in total. The van der Waals surface area contributed by atoms with Crippen molar-refractivity contribution in [3.05, 3.63) is 114 Å². The fraction of sp³-hybridized carbons (Fsp3) is 0.412. The summed E-state index contributed by atoms with van der Waals surface area (Å²) in [4.78, 5) is 2.39. The predicted molar refractivity (Wildman–Crippen MR) is 164 cm³/mol. The molecule has 0 fully saturated rings. The highest BCUT2D eigenvalue weighted by molar-refractivity contribution is 6.74. The lowest BCUT2D eigenvalue weighted by Gasteiger charge is -2.36. The first-order chi connectivity index (χ1) is 18.2. The number of aryl methyl sites for hydroxylation is 1. The van der Waals surface area contributed by atoms with Crippen LogP contribution in [0.5, 0.6) is 5.75 Å². The lowest BCUT2D eigenvalue weighted by atomic mass is 10.1. The van der Waals surface area contributed by atoms with Crippen LogP contribution >= 0.6 is 0 Å². The number of unbranched alkanes of at least 4 members (excludes halogenated alkanes) is 1. The van der Waals surface area contributed by atoms with Gasteiger partial charge in [-0.05, 0) is 78.8 Å². The molecule has 38 heavy (non-hydrogen) atoms. The molecular formula is C34H47NO2Si. The summed E-state index contributed by atoms with van der Waals surface area (Å²) in [5.41, 5.74) is 3.99. The van der Waals surface area contributed by atoms with Crippen molar-refractivity contribution in [2.24, 2.45) is 0 Å². The first kappa shape index (κ1) is 29.7. The average Bonchev–Trinajstić information content (AvgIpc) is 2.90. The molecule has 0 aliphatic carbocycles. The van der Waals surface area contributed by atoms with E-state index in [1.54, 1.807) is 0 Å². The number of hydrogen-bond donors (Lipinski definition) is 0. The lowest BCUT2D eigenvalue weighted by Crippen LogP contribution is -2.41. The van der Waals surface area contributed by atoms with Crippen LogP contribution in [0.2, 0.25) is 18.1 Å². The normalized spacial score (nSPS) is 12.1. The average molecular weight is 530 g/mol. The zero-order valence-corrected chi connectivity index (χ0v) is 25.2. The summed E-state index contributed by atoms with van der Waals surface area (Å²) in [5, 5.41) is 0.269. The van der Waals surface area contributed by atoms with E-state index in [1.165, 1.54) is 16.7 Å². The van der Waals surface area contributed by atoms with Gasteiger partial charge in [0, 0.05) is 19.7 Å². The smallest absolute Gasteiger partial charge is 0.191 e. The Morgan fingerprint density at radius 3 is 1.82 bits per heavy atom. The second kappa shape index (κ2) is 14.9. The lowest BCUT2D eigenvalue weighted by molar-refractivity contribution is 0.252. The Morgan fingerprint density at radius 1 is 0.711 bits per heavy atom. The minimum Gasteiger partial charge on any atom is -0.494 e. The van der Waals surface area contributed by atoms with Crippen molar-refractivity contribution in [3.8, 4) is 5.75 Å². The fourth-order valence-corrected chi connectivity index (χ4v) is 5.05. The Morgan fingerprint density at radius 2 is 1.26 bits per heavy atom. The summed E-state index contributed by atoms with van der Waals surface area (Å²) in [6.45, 7) is 14.9. The summed E-state index contributed by atoms with van der Waals surface area (Å²) in [6.07, 6.45) is 8.64. The summed E-state index contributed by atoms with van der Waals surface area (Å²) in [6, 6.07) is 29.9. The van der Waals surface area contributed by atoms with Gasteiger partial charge in [-0.15, -0.1) is 0 Å². The van der Waals surface area contributed by atoms with Gasteiger partial charge in [0.05, 0.1) is 6.61 Å². The van der Waals surface area contributed by atoms with Gasteiger partial charge in [0.25, 0.3) is 0 Å². The molecule has 0 saturated carbocycles. The Kier molecular flexibility index (Phi) is 11.7. The largest absolute Gasteiger partial charge is 0.494 e. The van der Waals surface area contributed by atoms with Crippen LogP contribution < -0.4 is 4.74 Å². The highest BCUT2D eigenvalue weighted by Gasteiger charge is 2.36. The van der Waals surface area contributed by atoms with Crippen molar-refractivity contribution < 1.29 is 9.16 Å². The van der Waals surface area contributed by atoms with Crippen molar-refractivity contribution in [2.45, 2.75) is 77.7 Å². The van der Waals surface area contributed by atoms with E-state index in [2.05, 4.69) is 136 Å². The molecule has 0 aliphatic rings. The molecule has 3 aromatic rings. The van der Waals surface area contributed by atoms with Crippen molar-refractivity contribution >= 4 is 8.32 Å². The molecule has 3 rings (SSSR count). The summed E-state index contributed by atoms with van der Waals surface area (Å²) >= 11 is 0. The first-order valence-corrected chi connectivity index (χ1v) is 17.0. The quantitative estimate of drug-likeness (QED) is 0.145. The predicted octanol–water partition coefficient (Wildman–Crippen LogP) is 9.02. The Hall–Kier alpha value is -2.82. The third-order valence-electron chi connectivity index (χ3n) is 7.37. The van der Waals surface area contributed by atoms with Crippen LogP contribution in [0, 0.1) is 0 Å². The molecule has 204 valence electrons. The molecule has 0 unspecified atom stereocenters. The molecule has 0 aromatic heterocycles. The zero-order chi connectivity index (χ0) is 27.3. The summed E-state index contributed by atoms with van der Waals surface area (Å²) < 4.78 is 12.2. The second-order valence-corrected chi connectivity index (χ2v) is 16.4. The molecule has 0 heterocycles. The standard InChI is InChI=1S/C34H47NO2Si/c1-34(2,3)38(4,5)37-27-15-14-26-36-33-23-21-30(22-24-33)16-12-13-25-35(28-31-17-8-6-9-18-31)29-32-19-10-7-11-20-32/h6-11,13,17-25H,12,14-16,26-29H2,1-5H3/b25-13-. The summed E-state index contributed by atoms with van der Waals surface area (Å²) in [7, 11) is -1.64. The maximum atomic E-state index is 6.26. The van der Waals surface area contributed by atoms with E-state index in [-0.39, 0.29) is 5.04 Å². The van der Waals surface area contributed by atoms with Crippen molar-refractivity contribution in [3.63, 3.8) is 0 Å². The van der Waals surface area contributed by atoms with E-state index in [0.717, 1.165) is 57.7 Å². The molecule has 0 atom stereocenters. The first-order valence-electron chi connectivity index (χ1n) is 14.1. The molecule has 0 saturated heterocycles. The molecule has 0 aliphatic heterocycles. The van der Waals surface area contributed by atoms with E-state index >= 15 is 0 Å². The van der Waals surface area contributed by atoms with Crippen LogP contribution in [0.3, 0.4) is 0 Å². The SMILES string of the molecule is CC(C)(C)[Si](C)(C)OCCCCOc1ccc(CC/C=C\N(Cc2ccccc2)Cc2ccccc2)cc1. The van der Waals surface area contributed by atoms with Crippen LogP contribution in [0.1, 0.15) is 56.7 Å². The van der Waals surface area contributed by atoms with E-state index in [9.17, 15) is 0 Å². The van der Waals surface area contributed by atoms with Crippen LogP contribution in [0.15, 0.2) is 97.2 Å². The van der Waals surface area contributed by atoms with Gasteiger partial charge >= 0.3 is 0 Å². The number of benzene rings is 3. The monoisotopic (exact) mass is 529 g/mol. The molecule has 4 heteroatoms. The third kappa shape index (κ3) is 10.5. The van der Waals surface area contributed by atoms with Gasteiger partial charge < -0.3 is 14.1 Å². The zero-order valence-electron chi connectivity index (χ0n) is 24.2. The van der Waals surface area contributed by atoms with Crippen molar-refractivity contribution in [2.75, 3.05) is 13.2 Å². The van der Waals surface area contributed by atoms with E-state index in [4.69, 9.17) is 9.16 Å². The maximum absolute atomic E-state index is 6.26. The molecular weight excluding hydrogens is 482 g/mol. The van der Waals surface area contributed by atoms with Gasteiger partial charge in [-0.25, -0.2) is 0 Å². The van der Waals surface area contributed by atoms with Gasteiger partial charge in [0.1, 0.15) is 5.75 Å². The molecule has 3 aromatic carbocycles. The van der Waals surface area contributed by atoms with Crippen molar-refractivity contribution in [1.82, 2.24) is 4.90 Å². The fourth-order valence-electron chi connectivity index (χ4n) is 3.96. The third-order valence-corrected chi connectivity index (χ3v) is 11.9. The number of allylic oxidation sites excluding steroid dienone is 1. The number of rotatable bonds is 15. The molecule has 0 bridgehead atoms. The Labute approximate surface area is 232 Å².